The Kier molecular flexibility index (Phi) is 5.94. The Hall–Kier alpha value is -1.84. The average Bonchev–Trinajstić information content (AvgIpc) is 2.38. The van der Waals surface area contributed by atoms with Gasteiger partial charge in [0.1, 0.15) is 11.6 Å². The van der Waals surface area contributed by atoms with Crippen LogP contribution in [0.4, 0.5) is 0 Å². The number of nitrogens with one attached hydrogen (secondary N) is 1. The molecule has 0 radical (unpaired) electrons. The van der Waals surface area contributed by atoms with Gasteiger partial charge in [-0.15, -0.1) is 0 Å². The van der Waals surface area contributed by atoms with Crippen molar-refractivity contribution in [1.82, 2.24) is 5.32 Å². The van der Waals surface area contributed by atoms with Gasteiger partial charge in [0.25, 0.3) is 0 Å². The minimum absolute atomic E-state index is 0.151. The van der Waals surface area contributed by atoms with Gasteiger partial charge in [0, 0.05) is 0 Å². The van der Waals surface area contributed by atoms with Crippen LogP contribution in [-0.2, 0) is 14.3 Å². The zero-order chi connectivity index (χ0) is 16.0. The number of benzene rings is 1. The summed E-state index contributed by atoms with van der Waals surface area (Å²) >= 11 is 0. The first kappa shape index (κ1) is 17.2. The van der Waals surface area contributed by atoms with Gasteiger partial charge in [-0.2, -0.15) is 0 Å². The second-order valence-corrected chi connectivity index (χ2v) is 6.14. The molecule has 1 unspecified atom stereocenters. The monoisotopic (exact) mass is 291 g/mol. The number of amides is 1. The van der Waals surface area contributed by atoms with Gasteiger partial charge < -0.3 is 10.1 Å². The Bertz CT molecular complexity index is 477. The molecule has 2 atom stereocenters. The van der Waals surface area contributed by atoms with Gasteiger partial charge in [-0.3, -0.25) is 4.79 Å². The molecule has 1 amide bonds. The number of rotatable bonds is 5. The van der Waals surface area contributed by atoms with E-state index < -0.39 is 17.6 Å². The third kappa shape index (κ3) is 5.58. The Labute approximate surface area is 126 Å². The Balaban J connectivity index is 2.68. The summed E-state index contributed by atoms with van der Waals surface area (Å²) in [5.41, 5.74) is 0.397. The first-order valence-electron chi connectivity index (χ1n) is 7.32. The first-order chi connectivity index (χ1) is 9.74. The van der Waals surface area contributed by atoms with Crippen LogP contribution in [0.1, 0.15) is 52.5 Å². The van der Waals surface area contributed by atoms with Crippen LogP contribution in [0.15, 0.2) is 30.3 Å². The van der Waals surface area contributed by atoms with Gasteiger partial charge in [0.2, 0.25) is 5.91 Å². The van der Waals surface area contributed by atoms with Crippen LogP contribution in [-0.4, -0.2) is 23.5 Å². The molecule has 4 nitrogen and oxygen atoms in total. The minimum Gasteiger partial charge on any atom is -0.458 e. The zero-order valence-corrected chi connectivity index (χ0v) is 13.5. The molecule has 0 saturated carbocycles. The van der Waals surface area contributed by atoms with Crippen LogP contribution in [0.5, 0.6) is 0 Å². The van der Waals surface area contributed by atoms with Crippen molar-refractivity contribution in [3.8, 4) is 0 Å². The summed E-state index contributed by atoms with van der Waals surface area (Å²) < 4.78 is 5.27. The number of carbonyl (C=O) groups excluding carboxylic acids is 2. The quantitative estimate of drug-likeness (QED) is 0.848. The molecule has 0 aliphatic carbocycles. The van der Waals surface area contributed by atoms with Crippen molar-refractivity contribution in [2.45, 2.75) is 58.6 Å². The number of esters is 1. The molecule has 0 fully saturated rings. The molecular weight excluding hydrogens is 266 g/mol. The maximum absolute atomic E-state index is 12.3. The van der Waals surface area contributed by atoms with Crippen molar-refractivity contribution >= 4 is 11.9 Å². The van der Waals surface area contributed by atoms with Crippen molar-refractivity contribution in [1.29, 1.82) is 0 Å². The summed E-state index contributed by atoms with van der Waals surface area (Å²) in [4.78, 5) is 24.2. The lowest BCUT2D eigenvalue weighted by Gasteiger charge is -2.24. The van der Waals surface area contributed by atoms with Crippen molar-refractivity contribution < 1.29 is 14.3 Å². The average molecular weight is 291 g/mol. The van der Waals surface area contributed by atoms with Crippen LogP contribution in [0.25, 0.3) is 0 Å². The van der Waals surface area contributed by atoms with Crippen molar-refractivity contribution in [3.63, 3.8) is 0 Å². The van der Waals surface area contributed by atoms with E-state index in [1.807, 2.05) is 37.3 Å². The minimum atomic E-state index is -0.658. The molecular formula is C17H25NO3. The fourth-order valence-corrected chi connectivity index (χ4v) is 2.02. The number of hydrogen-bond acceptors (Lipinski definition) is 3. The molecule has 0 aliphatic heterocycles. The highest BCUT2D eigenvalue weighted by Crippen LogP contribution is 2.19. The van der Waals surface area contributed by atoms with E-state index in [0.717, 1.165) is 5.56 Å². The summed E-state index contributed by atoms with van der Waals surface area (Å²) in [6.07, 6.45) is 0.677. The third-order valence-electron chi connectivity index (χ3n) is 3.05. The molecule has 116 valence electrons. The van der Waals surface area contributed by atoms with Gasteiger partial charge in [-0.05, 0) is 39.7 Å². The van der Waals surface area contributed by atoms with E-state index in [4.69, 9.17) is 4.74 Å². The Morgan fingerprint density at radius 2 is 1.76 bits per heavy atom. The normalized spacial score (nSPS) is 14.1. The molecule has 0 spiro atoms. The Morgan fingerprint density at radius 1 is 1.19 bits per heavy atom. The predicted molar refractivity (Wildman–Crippen MR) is 82.9 cm³/mol. The number of carbonyl (C=O) groups is 2. The molecule has 0 saturated heterocycles. The highest BCUT2D eigenvalue weighted by molar-refractivity contribution is 5.88. The smallest absolute Gasteiger partial charge is 0.328 e. The summed E-state index contributed by atoms with van der Waals surface area (Å²) in [5.74, 6) is -0.822. The molecule has 0 heterocycles. The van der Waals surface area contributed by atoms with Crippen molar-refractivity contribution in [3.05, 3.63) is 35.9 Å². The van der Waals surface area contributed by atoms with Crippen LogP contribution in [0.3, 0.4) is 0 Å². The standard InChI is InChI=1S/C17H25NO3/c1-6-14(13-10-8-7-9-11-13)15(19)18-12(2)16(20)21-17(3,4)5/h7-12,14H,6H2,1-5H3,(H,18,19)/t12-,14?/m1/s1. The second-order valence-electron chi connectivity index (χ2n) is 6.14. The number of ether oxygens (including phenoxy) is 1. The molecule has 1 N–H and O–H groups in total. The zero-order valence-electron chi connectivity index (χ0n) is 13.5. The lowest BCUT2D eigenvalue weighted by molar-refractivity contribution is -0.158. The number of hydrogen-bond donors (Lipinski definition) is 1. The first-order valence-corrected chi connectivity index (χ1v) is 7.32. The SMILES string of the molecule is CCC(C(=O)N[C@H](C)C(=O)OC(C)(C)C)c1ccccc1. The van der Waals surface area contributed by atoms with E-state index in [-0.39, 0.29) is 11.8 Å². The van der Waals surface area contributed by atoms with Crippen molar-refractivity contribution in [2.75, 3.05) is 0 Å². The fraction of sp³-hybridized carbons (Fsp3) is 0.529. The van der Waals surface area contributed by atoms with E-state index in [9.17, 15) is 9.59 Å². The van der Waals surface area contributed by atoms with E-state index >= 15 is 0 Å². The molecule has 0 bridgehead atoms. The fourth-order valence-electron chi connectivity index (χ4n) is 2.02. The second kappa shape index (κ2) is 7.25. The lowest BCUT2D eigenvalue weighted by atomic mass is 9.95. The Morgan fingerprint density at radius 3 is 2.24 bits per heavy atom. The summed E-state index contributed by atoms with van der Waals surface area (Å²) in [5, 5.41) is 2.74. The largest absolute Gasteiger partial charge is 0.458 e. The van der Waals surface area contributed by atoms with Gasteiger partial charge in [-0.25, -0.2) is 4.79 Å². The van der Waals surface area contributed by atoms with Gasteiger partial charge in [0.15, 0.2) is 0 Å². The van der Waals surface area contributed by atoms with Crippen molar-refractivity contribution in [2.24, 2.45) is 0 Å². The third-order valence-corrected chi connectivity index (χ3v) is 3.05. The van der Waals surface area contributed by atoms with Gasteiger partial charge >= 0.3 is 5.97 Å². The molecule has 21 heavy (non-hydrogen) atoms. The van der Waals surface area contributed by atoms with Crippen LogP contribution in [0, 0.1) is 0 Å². The summed E-state index contributed by atoms with van der Waals surface area (Å²) in [6.45, 7) is 9.01. The van der Waals surface area contributed by atoms with E-state index in [1.165, 1.54) is 0 Å². The van der Waals surface area contributed by atoms with E-state index in [2.05, 4.69) is 5.32 Å². The lowest BCUT2D eigenvalue weighted by Crippen LogP contribution is -2.43. The van der Waals surface area contributed by atoms with E-state index in [1.54, 1.807) is 27.7 Å². The molecule has 1 rings (SSSR count). The van der Waals surface area contributed by atoms with Crippen LogP contribution < -0.4 is 5.32 Å². The molecule has 1 aromatic rings. The highest BCUT2D eigenvalue weighted by atomic mass is 16.6. The predicted octanol–water partition coefficient (Wildman–Crippen LogP) is 3.03. The van der Waals surface area contributed by atoms with Crippen LogP contribution >= 0.6 is 0 Å². The highest BCUT2D eigenvalue weighted by Gasteiger charge is 2.26. The molecule has 4 heteroatoms. The van der Waals surface area contributed by atoms with Gasteiger partial charge in [-0.1, -0.05) is 37.3 Å². The molecule has 1 aromatic carbocycles. The van der Waals surface area contributed by atoms with E-state index in [0.29, 0.717) is 6.42 Å². The summed E-state index contributed by atoms with van der Waals surface area (Å²) in [6, 6.07) is 8.91. The molecule has 0 aromatic heterocycles. The molecule has 0 aliphatic rings. The van der Waals surface area contributed by atoms with Crippen LogP contribution in [0.2, 0.25) is 0 Å². The van der Waals surface area contributed by atoms with Gasteiger partial charge in [0.05, 0.1) is 5.92 Å². The maximum Gasteiger partial charge on any atom is 0.328 e. The topological polar surface area (TPSA) is 55.4 Å². The maximum atomic E-state index is 12.3. The summed E-state index contributed by atoms with van der Waals surface area (Å²) in [7, 11) is 0.